The fraction of sp³-hybridized carbons (Fsp3) is 0.571. The van der Waals surface area contributed by atoms with Crippen LogP contribution in [0.25, 0.3) is 0 Å². The van der Waals surface area contributed by atoms with Crippen molar-refractivity contribution >= 4 is 0 Å². The molecule has 0 spiro atoms. The highest BCUT2D eigenvalue weighted by Gasteiger charge is 2.10. The van der Waals surface area contributed by atoms with Gasteiger partial charge in [0.25, 0.3) is 0 Å². The second kappa shape index (κ2) is 5.32. The highest BCUT2D eigenvalue weighted by Crippen LogP contribution is 2.22. The van der Waals surface area contributed by atoms with Crippen molar-refractivity contribution in [1.82, 2.24) is 0 Å². The van der Waals surface area contributed by atoms with E-state index < -0.39 is 0 Å². The van der Waals surface area contributed by atoms with Crippen molar-refractivity contribution in [1.29, 1.82) is 0 Å². The Morgan fingerprint density at radius 1 is 1.13 bits per heavy atom. The summed E-state index contributed by atoms with van der Waals surface area (Å²) in [6, 6.07) is 6.80. The smallest absolute Gasteiger partial charge is 0.0297 e. The third-order valence-electron chi connectivity index (χ3n) is 3.03. The molecule has 0 bridgehead atoms. The summed E-state index contributed by atoms with van der Waals surface area (Å²) in [7, 11) is 0. The molecule has 1 heteroatoms. The van der Waals surface area contributed by atoms with E-state index in [9.17, 15) is 0 Å². The molecular formula is C14H23N. The molecule has 1 rings (SSSR count). The van der Waals surface area contributed by atoms with E-state index >= 15 is 0 Å². The lowest BCUT2D eigenvalue weighted by atomic mass is 9.93. The molecular weight excluding hydrogens is 182 g/mol. The Labute approximate surface area is 93.7 Å². The summed E-state index contributed by atoms with van der Waals surface area (Å²) in [6.07, 6.45) is 2.29. The van der Waals surface area contributed by atoms with Crippen LogP contribution in [0.2, 0.25) is 0 Å². The lowest BCUT2D eigenvalue weighted by Gasteiger charge is -2.17. The molecule has 0 amide bonds. The number of hydrogen-bond acceptors (Lipinski definition) is 1. The van der Waals surface area contributed by atoms with E-state index in [1.54, 1.807) is 0 Å². The minimum absolute atomic E-state index is 0.193. The van der Waals surface area contributed by atoms with Gasteiger partial charge in [-0.05, 0) is 31.7 Å². The maximum Gasteiger partial charge on any atom is 0.0297 e. The Balaban J connectivity index is 2.77. The molecule has 1 nitrogen and oxygen atoms in total. The van der Waals surface area contributed by atoms with Crippen molar-refractivity contribution < 1.29 is 0 Å². The summed E-state index contributed by atoms with van der Waals surface area (Å²) in [5.41, 5.74) is 10.1. The summed E-state index contributed by atoms with van der Waals surface area (Å²) in [5.74, 6) is 0.709. The minimum atomic E-state index is 0.193. The second-order valence-electron chi connectivity index (χ2n) is 4.78. The average Bonchev–Trinajstić information content (AvgIpc) is 2.16. The lowest BCUT2D eigenvalue weighted by molar-refractivity contribution is 0.461. The van der Waals surface area contributed by atoms with Gasteiger partial charge in [0.05, 0.1) is 0 Å². The third-order valence-corrected chi connectivity index (χ3v) is 3.03. The van der Waals surface area contributed by atoms with Crippen LogP contribution in [0.4, 0.5) is 0 Å². The van der Waals surface area contributed by atoms with Gasteiger partial charge in [0.2, 0.25) is 0 Å². The van der Waals surface area contributed by atoms with Gasteiger partial charge < -0.3 is 5.73 Å². The van der Waals surface area contributed by atoms with Gasteiger partial charge in [0.15, 0.2) is 0 Å². The van der Waals surface area contributed by atoms with Crippen LogP contribution in [0.3, 0.4) is 0 Å². The van der Waals surface area contributed by atoms with Gasteiger partial charge in [-0.2, -0.15) is 0 Å². The predicted molar refractivity (Wildman–Crippen MR) is 66.9 cm³/mol. The summed E-state index contributed by atoms with van der Waals surface area (Å²) < 4.78 is 0. The Kier molecular flexibility index (Phi) is 4.34. The number of aryl methyl sites for hydroxylation is 2. The highest BCUT2D eigenvalue weighted by atomic mass is 14.6. The van der Waals surface area contributed by atoms with E-state index in [4.69, 9.17) is 5.73 Å². The Morgan fingerprint density at radius 2 is 1.67 bits per heavy atom. The molecule has 0 radical (unpaired) electrons. The van der Waals surface area contributed by atoms with Crippen molar-refractivity contribution in [2.24, 2.45) is 11.7 Å². The third kappa shape index (κ3) is 3.67. The number of hydrogen-bond donors (Lipinski definition) is 1. The van der Waals surface area contributed by atoms with Crippen LogP contribution >= 0.6 is 0 Å². The molecule has 0 fully saturated rings. The van der Waals surface area contributed by atoms with Crippen LogP contribution in [0, 0.1) is 19.8 Å². The lowest BCUT2D eigenvalue weighted by Crippen LogP contribution is -2.14. The fourth-order valence-electron chi connectivity index (χ4n) is 1.96. The van der Waals surface area contributed by atoms with Crippen LogP contribution in [-0.4, -0.2) is 0 Å². The van der Waals surface area contributed by atoms with Crippen LogP contribution < -0.4 is 5.73 Å². The first-order valence-electron chi connectivity index (χ1n) is 5.86. The van der Waals surface area contributed by atoms with Gasteiger partial charge in [0, 0.05) is 6.04 Å². The van der Waals surface area contributed by atoms with Gasteiger partial charge >= 0.3 is 0 Å². The average molecular weight is 205 g/mol. The summed E-state index contributed by atoms with van der Waals surface area (Å²) in [4.78, 5) is 0. The Bertz CT molecular complexity index is 297. The Hall–Kier alpha value is -0.820. The molecule has 0 aliphatic heterocycles. The van der Waals surface area contributed by atoms with Crippen molar-refractivity contribution in [3.63, 3.8) is 0 Å². The van der Waals surface area contributed by atoms with Gasteiger partial charge in [-0.15, -0.1) is 0 Å². The molecule has 84 valence electrons. The highest BCUT2D eigenvalue weighted by molar-refractivity contribution is 5.30. The van der Waals surface area contributed by atoms with E-state index in [0.29, 0.717) is 5.92 Å². The molecule has 0 heterocycles. The normalized spacial score (nSPS) is 15.0. The van der Waals surface area contributed by atoms with Gasteiger partial charge in [0.1, 0.15) is 0 Å². The van der Waals surface area contributed by atoms with E-state index in [2.05, 4.69) is 45.9 Å². The first-order chi connectivity index (χ1) is 7.02. The van der Waals surface area contributed by atoms with E-state index in [1.165, 1.54) is 23.1 Å². The molecule has 0 aliphatic carbocycles. The van der Waals surface area contributed by atoms with E-state index in [-0.39, 0.29) is 6.04 Å². The molecule has 0 aromatic heterocycles. The van der Waals surface area contributed by atoms with Crippen LogP contribution in [0.1, 0.15) is 49.4 Å². The zero-order valence-electron chi connectivity index (χ0n) is 10.4. The SMILES string of the molecule is CCC(C)CC(N)c1cc(C)cc(C)c1. The van der Waals surface area contributed by atoms with E-state index in [1.807, 2.05) is 0 Å². The first-order valence-corrected chi connectivity index (χ1v) is 5.86. The molecule has 0 saturated carbocycles. The zero-order valence-corrected chi connectivity index (χ0v) is 10.4. The largest absolute Gasteiger partial charge is 0.324 e. The maximum absolute atomic E-state index is 6.21. The standard InChI is InChI=1S/C14H23N/c1-5-10(2)9-14(15)13-7-11(3)6-12(4)8-13/h6-8,10,14H,5,9,15H2,1-4H3. The summed E-state index contributed by atoms with van der Waals surface area (Å²) in [5, 5.41) is 0. The van der Waals surface area contributed by atoms with Crippen LogP contribution in [0.5, 0.6) is 0 Å². The molecule has 0 aliphatic rings. The number of rotatable bonds is 4. The van der Waals surface area contributed by atoms with Crippen molar-refractivity contribution in [3.05, 3.63) is 34.9 Å². The Morgan fingerprint density at radius 3 is 2.13 bits per heavy atom. The molecule has 2 atom stereocenters. The number of benzene rings is 1. The van der Waals surface area contributed by atoms with Gasteiger partial charge in [-0.25, -0.2) is 0 Å². The number of nitrogens with two attached hydrogens (primary N) is 1. The van der Waals surface area contributed by atoms with Gasteiger partial charge in [-0.3, -0.25) is 0 Å². The molecule has 0 saturated heterocycles. The molecule has 2 N–H and O–H groups in total. The molecule has 1 aromatic rings. The first kappa shape index (κ1) is 12.3. The fourth-order valence-corrected chi connectivity index (χ4v) is 1.96. The van der Waals surface area contributed by atoms with Crippen molar-refractivity contribution in [2.75, 3.05) is 0 Å². The van der Waals surface area contributed by atoms with Crippen molar-refractivity contribution in [2.45, 2.75) is 46.6 Å². The van der Waals surface area contributed by atoms with Crippen molar-refractivity contribution in [3.8, 4) is 0 Å². The van der Waals surface area contributed by atoms with Crippen LogP contribution in [0.15, 0.2) is 18.2 Å². The quantitative estimate of drug-likeness (QED) is 0.796. The summed E-state index contributed by atoms with van der Waals surface area (Å²) in [6.45, 7) is 8.75. The molecule has 1 aromatic carbocycles. The van der Waals surface area contributed by atoms with E-state index in [0.717, 1.165) is 6.42 Å². The zero-order chi connectivity index (χ0) is 11.4. The second-order valence-corrected chi connectivity index (χ2v) is 4.78. The summed E-state index contributed by atoms with van der Waals surface area (Å²) >= 11 is 0. The topological polar surface area (TPSA) is 26.0 Å². The maximum atomic E-state index is 6.21. The minimum Gasteiger partial charge on any atom is -0.324 e. The van der Waals surface area contributed by atoms with Crippen LogP contribution in [-0.2, 0) is 0 Å². The molecule has 2 unspecified atom stereocenters. The van der Waals surface area contributed by atoms with Gasteiger partial charge in [-0.1, -0.05) is 49.6 Å². The molecule has 15 heavy (non-hydrogen) atoms. The monoisotopic (exact) mass is 205 g/mol. The predicted octanol–water partition coefficient (Wildman–Crippen LogP) is 3.74.